The lowest BCUT2D eigenvalue weighted by Crippen LogP contribution is -2.28. The molecule has 2 nitrogen and oxygen atoms in total. The number of benzene rings is 12. The summed E-state index contributed by atoms with van der Waals surface area (Å²) in [6, 6.07) is 105. The van der Waals surface area contributed by atoms with Crippen LogP contribution in [0.3, 0.4) is 0 Å². The van der Waals surface area contributed by atoms with Crippen molar-refractivity contribution >= 4 is 38.9 Å². The molecule has 2 heteroatoms. The highest BCUT2D eigenvalue weighted by Crippen LogP contribution is 2.68. The van der Waals surface area contributed by atoms with Crippen molar-refractivity contribution in [1.82, 2.24) is 4.57 Å². The van der Waals surface area contributed by atoms with Gasteiger partial charge in [0.1, 0.15) is 0 Å². The maximum atomic E-state index is 2.63. The van der Waals surface area contributed by atoms with E-state index < -0.39 is 10.8 Å². The van der Waals surface area contributed by atoms with Gasteiger partial charge in [0.05, 0.1) is 33.2 Å². The van der Waals surface area contributed by atoms with Crippen molar-refractivity contribution in [2.24, 2.45) is 0 Å². The van der Waals surface area contributed by atoms with E-state index in [2.05, 4.69) is 289 Å². The third-order valence-corrected chi connectivity index (χ3v) is 17.6. The maximum absolute atomic E-state index is 2.63. The first-order chi connectivity index (χ1) is 37.8. The zero-order valence-electron chi connectivity index (χ0n) is 41.5. The van der Waals surface area contributed by atoms with Crippen molar-refractivity contribution in [3.63, 3.8) is 0 Å². The van der Waals surface area contributed by atoms with Crippen molar-refractivity contribution in [3.8, 4) is 61.3 Å². The third kappa shape index (κ3) is 5.16. The molecule has 0 saturated heterocycles. The molecule has 0 radical (unpaired) electrons. The van der Waals surface area contributed by atoms with E-state index in [0.29, 0.717) is 0 Å². The molecule has 76 heavy (non-hydrogen) atoms. The Hall–Kier alpha value is -9.76. The van der Waals surface area contributed by atoms with Crippen LogP contribution in [0.25, 0.3) is 83.1 Å². The number of anilines is 3. The molecule has 0 atom stereocenters. The third-order valence-electron chi connectivity index (χ3n) is 17.6. The van der Waals surface area contributed by atoms with E-state index in [4.69, 9.17) is 0 Å². The fourth-order valence-electron chi connectivity index (χ4n) is 14.9. The van der Waals surface area contributed by atoms with Gasteiger partial charge in [-0.3, -0.25) is 0 Å². The molecule has 0 N–H and O–H groups in total. The minimum Gasteiger partial charge on any atom is -0.310 e. The van der Waals surface area contributed by atoms with E-state index in [1.165, 1.54) is 128 Å². The van der Waals surface area contributed by atoms with Gasteiger partial charge in [0.2, 0.25) is 0 Å². The Balaban J connectivity index is 0.957. The summed E-state index contributed by atoms with van der Waals surface area (Å²) in [4.78, 5) is 2.63. The van der Waals surface area contributed by atoms with Gasteiger partial charge in [-0.1, -0.05) is 231 Å². The molecule has 0 unspecified atom stereocenters. The summed E-state index contributed by atoms with van der Waals surface area (Å²) in [5.74, 6) is 0. The van der Waals surface area contributed by atoms with Crippen LogP contribution < -0.4 is 4.90 Å². The number of para-hydroxylation sites is 2. The number of hydrogen-bond acceptors (Lipinski definition) is 1. The SMILES string of the molecule is c1ccc(-n2c3ccccc3c3c(-c4ccc(N(c5cccc6c5-c5ccccc5C65c6ccccc6-c6ccccc65)c5cccc6c5C5(c7ccccc7-c7ccccc75)c5ccccc5-6)cc4)cccc32)cc1. The normalized spacial score (nSPS) is 14.0. The van der Waals surface area contributed by atoms with Crippen molar-refractivity contribution in [1.29, 1.82) is 0 Å². The van der Waals surface area contributed by atoms with Crippen molar-refractivity contribution in [2.45, 2.75) is 10.8 Å². The van der Waals surface area contributed by atoms with Crippen LogP contribution in [0.15, 0.2) is 279 Å². The number of fused-ring (bicyclic) bond motifs is 23. The molecular weight excluding hydrogens is 917 g/mol. The minimum atomic E-state index is -0.572. The number of rotatable bonds is 5. The van der Waals surface area contributed by atoms with Gasteiger partial charge in [0.15, 0.2) is 0 Å². The largest absolute Gasteiger partial charge is 0.310 e. The van der Waals surface area contributed by atoms with Gasteiger partial charge >= 0.3 is 0 Å². The second kappa shape index (κ2) is 15.4. The second-order valence-corrected chi connectivity index (χ2v) is 20.9. The van der Waals surface area contributed by atoms with Gasteiger partial charge in [-0.2, -0.15) is 0 Å². The quantitative estimate of drug-likeness (QED) is 0.167. The van der Waals surface area contributed by atoms with Crippen LogP contribution in [0, 0.1) is 0 Å². The molecule has 352 valence electrons. The van der Waals surface area contributed by atoms with Gasteiger partial charge < -0.3 is 9.47 Å². The van der Waals surface area contributed by atoms with Crippen LogP contribution in [0.5, 0.6) is 0 Å². The molecule has 0 aliphatic heterocycles. The first-order valence-corrected chi connectivity index (χ1v) is 26.6. The number of aromatic nitrogens is 1. The molecule has 13 aromatic rings. The standard InChI is InChI=1S/C74H46N2/c1-2-21-48(22-3-1)75-66-39-17-10-29-58(66)70-50(30-18-40-67(70)75)47-43-45-49(46-44-47)76(68-41-20-38-65-71(68)57-28-9-16-37-64(57)73(65)59-32-11-4-23-51(59)52-24-5-12-33-60(52)73)69-42-19-31-56-55-27-8-15-36-63(55)74(72(56)69)61-34-13-6-25-53(61)54-26-7-14-35-62(54)74/h1-46H. The van der Waals surface area contributed by atoms with E-state index in [-0.39, 0.29) is 0 Å². The summed E-state index contributed by atoms with van der Waals surface area (Å²) in [6.07, 6.45) is 0. The summed E-state index contributed by atoms with van der Waals surface area (Å²) in [7, 11) is 0. The zero-order chi connectivity index (χ0) is 49.7. The molecule has 4 aliphatic carbocycles. The highest BCUT2D eigenvalue weighted by atomic mass is 15.2. The Morgan fingerprint density at radius 2 is 0.697 bits per heavy atom. The van der Waals surface area contributed by atoms with Crippen LogP contribution in [-0.2, 0) is 10.8 Å². The van der Waals surface area contributed by atoms with Crippen molar-refractivity contribution in [2.75, 3.05) is 4.90 Å². The monoisotopic (exact) mass is 962 g/mol. The fourth-order valence-corrected chi connectivity index (χ4v) is 14.9. The number of nitrogens with zero attached hydrogens (tertiary/aromatic N) is 2. The van der Waals surface area contributed by atoms with E-state index in [0.717, 1.165) is 17.1 Å². The Labute approximate surface area is 441 Å². The van der Waals surface area contributed by atoms with Crippen molar-refractivity contribution in [3.05, 3.63) is 324 Å². The molecule has 1 aromatic heterocycles. The molecule has 2 spiro atoms. The van der Waals surface area contributed by atoms with E-state index >= 15 is 0 Å². The van der Waals surface area contributed by atoms with Crippen LogP contribution in [0.4, 0.5) is 17.1 Å². The fraction of sp³-hybridized carbons (Fsp3) is 0.0270. The molecular formula is C74H46N2. The summed E-state index contributed by atoms with van der Waals surface area (Å²) < 4.78 is 2.41. The summed E-state index contributed by atoms with van der Waals surface area (Å²) >= 11 is 0. The maximum Gasteiger partial charge on any atom is 0.0746 e. The Morgan fingerprint density at radius 3 is 1.32 bits per heavy atom. The summed E-state index contributed by atoms with van der Waals surface area (Å²) in [6.45, 7) is 0. The molecule has 0 fully saturated rings. The highest BCUT2D eigenvalue weighted by molar-refractivity contribution is 6.16. The van der Waals surface area contributed by atoms with Gasteiger partial charge in [-0.25, -0.2) is 0 Å². The minimum absolute atomic E-state index is 0.498. The zero-order valence-corrected chi connectivity index (χ0v) is 41.5. The average molecular weight is 963 g/mol. The first-order valence-electron chi connectivity index (χ1n) is 26.6. The van der Waals surface area contributed by atoms with E-state index in [1.807, 2.05) is 0 Å². The lowest BCUT2D eigenvalue weighted by Gasteiger charge is -2.36. The van der Waals surface area contributed by atoms with Gasteiger partial charge in [0.25, 0.3) is 0 Å². The molecule has 0 saturated carbocycles. The molecule has 0 bridgehead atoms. The van der Waals surface area contributed by atoms with Crippen molar-refractivity contribution < 1.29 is 0 Å². The predicted octanol–water partition coefficient (Wildman–Crippen LogP) is 18.6. The van der Waals surface area contributed by atoms with E-state index in [1.54, 1.807) is 0 Å². The number of hydrogen-bond donors (Lipinski definition) is 0. The Morgan fingerprint density at radius 1 is 0.276 bits per heavy atom. The molecule has 12 aromatic carbocycles. The second-order valence-electron chi connectivity index (χ2n) is 20.9. The lowest BCUT2D eigenvalue weighted by molar-refractivity contribution is 0.791. The average Bonchev–Trinajstić information content (AvgIpc) is 4.43. The van der Waals surface area contributed by atoms with Crippen LogP contribution in [0.1, 0.15) is 44.5 Å². The molecule has 1 heterocycles. The van der Waals surface area contributed by atoms with E-state index in [9.17, 15) is 0 Å². The summed E-state index contributed by atoms with van der Waals surface area (Å²) in [5.41, 5.74) is 29.2. The smallest absolute Gasteiger partial charge is 0.0746 e. The topological polar surface area (TPSA) is 8.17 Å². The molecule has 4 aliphatic rings. The Bertz CT molecular complexity index is 4480. The van der Waals surface area contributed by atoms with Gasteiger partial charge in [-0.15, -0.1) is 0 Å². The van der Waals surface area contributed by atoms with Gasteiger partial charge in [0, 0.05) is 33.3 Å². The highest BCUT2D eigenvalue weighted by Gasteiger charge is 2.55. The predicted molar refractivity (Wildman–Crippen MR) is 313 cm³/mol. The van der Waals surface area contributed by atoms with Crippen LogP contribution in [0.2, 0.25) is 0 Å². The van der Waals surface area contributed by atoms with Gasteiger partial charge in [-0.05, 0) is 138 Å². The van der Waals surface area contributed by atoms with Crippen LogP contribution >= 0.6 is 0 Å². The molecule has 0 amide bonds. The van der Waals surface area contributed by atoms with Crippen LogP contribution in [-0.4, -0.2) is 4.57 Å². The lowest BCUT2D eigenvalue weighted by atomic mass is 9.70. The Kier molecular flexibility index (Phi) is 8.44. The first kappa shape index (κ1) is 41.7. The molecule has 17 rings (SSSR count). The summed E-state index contributed by atoms with van der Waals surface area (Å²) in [5, 5.41) is 2.50.